The van der Waals surface area contributed by atoms with Gasteiger partial charge < -0.3 is 14.0 Å². The number of imidazole rings is 1. The lowest BCUT2D eigenvalue weighted by Crippen LogP contribution is -2.38. The minimum atomic E-state index is -3.81. The summed E-state index contributed by atoms with van der Waals surface area (Å²) >= 11 is 0. The molecule has 0 unspecified atom stereocenters. The van der Waals surface area contributed by atoms with E-state index >= 15 is 0 Å². The molecule has 1 saturated heterocycles. The van der Waals surface area contributed by atoms with Crippen molar-refractivity contribution in [2.24, 2.45) is 0 Å². The quantitative estimate of drug-likeness (QED) is 0.335. The second-order valence-electron chi connectivity index (χ2n) is 7.17. The molecule has 30 heavy (non-hydrogen) atoms. The highest BCUT2D eigenvalue weighted by atomic mass is 32.2. The minimum absolute atomic E-state index is 0.0109. The smallest absolute Gasteiger partial charge is 0.270 e. The SMILES string of the molecule is COCCOCn1ccnc1C1CCN(S(=O)(=O)c2cc([N+](=O)[O-])ccc2C)CC1. The number of nitrogens with zero attached hydrogens (tertiary/aromatic N) is 4. The van der Waals surface area contributed by atoms with Crippen LogP contribution >= 0.6 is 0 Å². The number of aryl methyl sites for hydroxylation is 1. The summed E-state index contributed by atoms with van der Waals surface area (Å²) in [4.78, 5) is 14.9. The Morgan fingerprint density at radius 1 is 1.27 bits per heavy atom. The van der Waals surface area contributed by atoms with Crippen molar-refractivity contribution in [1.29, 1.82) is 0 Å². The number of non-ortho nitro benzene ring substituents is 1. The van der Waals surface area contributed by atoms with E-state index in [9.17, 15) is 18.5 Å². The Balaban J connectivity index is 1.68. The summed E-state index contributed by atoms with van der Waals surface area (Å²) in [5, 5.41) is 11.1. The van der Waals surface area contributed by atoms with Gasteiger partial charge in [0, 0.05) is 50.6 Å². The highest BCUT2D eigenvalue weighted by molar-refractivity contribution is 7.89. The molecule has 0 bridgehead atoms. The lowest BCUT2D eigenvalue weighted by atomic mass is 9.97. The molecule has 0 radical (unpaired) electrons. The summed E-state index contributed by atoms with van der Waals surface area (Å²) in [5.41, 5.74) is 0.260. The molecule has 3 rings (SSSR count). The molecule has 1 aromatic heterocycles. The number of benzene rings is 1. The van der Waals surface area contributed by atoms with E-state index in [-0.39, 0.29) is 16.5 Å². The average molecular weight is 439 g/mol. The lowest BCUT2D eigenvalue weighted by molar-refractivity contribution is -0.385. The van der Waals surface area contributed by atoms with E-state index in [1.165, 1.54) is 16.4 Å². The summed E-state index contributed by atoms with van der Waals surface area (Å²) < 4.78 is 40.1. The Morgan fingerprint density at radius 3 is 2.67 bits per heavy atom. The molecular formula is C19H26N4O6S. The van der Waals surface area contributed by atoms with Crippen molar-refractivity contribution in [1.82, 2.24) is 13.9 Å². The second-order valence-corrected chi connectivity index (χ2v) is 9.08. The zero-order valence-electron chi connectivity index (χ0n) is 17.1. The van der Waals surface area contributed by atoms with Gasteiger partial charge in [0.25, 0.3) is 5.69 Å². The predicted molar refractivity (Wildman–Crippen MR) is 109 cm³/mol. The molecule has 0 saturated carbocycles. The maximum Gasteiger partial charge on any atom is 0.270 e. The number of ether oxygens (including phenoxy) is 2. The van der Waals surface area contributed by atoms with Gasteiger partial charge in [-0.25, -0.2) is 13.4 Å². The van der Waals surface area contributed by atoms with Crippen LogP contribution in [0.2, 0.25) is 0 Å². The van der Waals surface area contributed by atoms with Crippen molar-refractivity contribution in [3.63, 3.8) is 0 Å². The van der Waals surface area contributed by atoms with Gasteiger partial charge in [0.2, 0.25) is 10.0 Å². The highest BCUT2D eigenvalue weighted by Crippen LogP contribution is 2.32. The van der Waals surface area contributed by atoms with Crippen LogP contribution < -0.4 is 0 Å². The third-order valence-corrected chi connectivity index (χ3v) is 7.27. The van der Waals surface area contributed by atoms with Crippen LogP contribution in [0.4, 0.5) is 5.69 Å². The van der Waals surface area contributed by atoms with Gasteiger partial charge in [-0.15, -0.1) is 0 Å². The number of sulfonamides is 1. The molecule has 2 heterocycles. The van der Waals surface area contributed by atoms with Gasteiger partial charge in [-0.05, 0) is 25.3 Å². The van der Waals surface area contributed by atoms with Gasteiger partial charge >= 0.3 is 0 Å². The van der Waals surface area contributed by atoms with Crippen molar-refractivity contribution < 1.29 is 22.8 Å². The molecule has 0 amide bonds. The molecule has 0 spiro atoms. The number of methoxy groups -OCH3 is 1. The molecule has 0 aliphatic carbocycles. The number of hydrogen-bond donors (Lipinski definition) is 0. The van der Waals surface area contributed by atoms with Crippen LogP contribution in [0.5, 0.6) is 0 Å². The van der Waals surface area contributed by atoms with Gasteiger partial charge in [0.15, 0.2) is 0 Å². The van der Waals surface area contributed by atoms with Crippen molar-refractivity contribution in [2.45, 2.75) is 37.3 Å². The Bertz CT molecular complexity index is 983. The Labute approximate surface area is 175 Å². The Kier molecular flexibility index (Phi) is 7.19. The molecule has 0 N–H and O–H groups in total. The summed E-state index contributed by atoms with van der Waals surface area (Å²) in [6, 6.07) is 3.92. The minimum Gasteiger partial charge on any atom is -0.382 e. The number of rotatable bonds is 9. The van der Waals surface area contributed by atoms with Crippen molar-refractivity contribution >= 4 is 15.7 Å². The van der Waals surface area contributed by atoms with Crippen molar-refractivity contribution in [3.8, 4) is 0 Å². The van der Waals surface area contributed by atoms with Crippen molar-refractivity contribution in [2.75, 3.05) is 33.4 Å². The topological polar surface area (TPSA) is 117 Å². The summed E-state index contributed by atoms with van der Waals surface area (Å²) in [6.45, 7) is 3.65. The number of aromatic nitrogens is 2. The van der Waals surface area contributed by atoms with Crippen LogP contribution in [0.15, 0.2) is 35.5 Å². The van der Waals surface area contributed by atoms with Gasteiger partial charge in [-0.1, -0.05) is 6.07 Å². The first kappa shape index (κ1) is 22.3. The number of piperidine rings is 1. The van der Waals surface area contributed by atoms with Gasteiger partial charge in [0.1, 0.15) is 12.6 Å². The number of hydrogen-bond acceptors (Lipinski definition) is 7. The first-order chi connectivity index (χ1) is 14.3. The number of nitro benzene ring substituents is 1. The molecule has 1 fully saturated rings. The monoisotopic (exact) mass is 438 g/mol. The first-order valence-corrected chi connectivity index (χ1v) is 11.1. The standard InChI is InChI=1S/C19H26N4O6S/c1-15-3-4-17(23(24)25)13-18(15)30(26,27)22-8-5-16(6-9-22)19-20-7-10-21(19)14-29-12-11-28-2/h3-4,7,10,13,16H,5-6,8-9,11-12,14H2,1-2H3. The zero-order chi connectivity index (χ0) is 21.7. The van der Waals surface area contributed by atoms with Crippen LogP contribution in [-0.4, -0.2) is 60.6 Å². The normalized spacial score (nSPS) is 16.1. The molecule has 2 aromatic rings. The summed E-state index contributed by atoms with van der Waals surface area (Å²) in [5.74, 6) is 0.986. The van der Waals surface area contributed by atoms with E-state index in [0.717, 1.165) is 11.9 Å². The lowest BCUT2D eigenvalue weighted by Gasteiger charge is -2.31. The number of nitro groups is 1. The molecule has 1 aliphatic rings. The Hall–Kier alpha value is -2.34. The first-order valence-electron chi connectivity index (χ1n) is 9.67. The third kappa shape index (κ3) is 4.86. The van der Waals surface area contributed by atoms with Crippen LogP contribution in [0.25, 0.3) is 0 Å². The third-order valence-electron chi connectivity index (χ3n) is 5.23. The van der Waals surface area contributed by atoms with Crippen LogP contribution in [0, 0.1) is 17.0 Å². The summed E-state index contributed by atoms with van der Waals surface area (Å²) in [6.07, 6.45) is 4.78. The van der Waals surface area contributed by atoms with E-state index < -0.39 is 14.9 Å². The van der Waals surface area contributed by atoms with Crippen LogP contribution in [-0.2, 0) is 26.2 Å². The fourth-order valence-electron chi connectivity index (χ4n) is 3.57. The maximum absolute atomic E-state index is 13.1. The van der Waals surface area contributed by atoms with Crippen LogP contribution in [0.3, 0.4) is 0 Å². The summed E-state index contributed by atoms with van der Waals surface area (Å²) in [7, 11) is -2.19. The van der Waals surface area contributed by atoms with Gasteiger partial charge in [-0.3, -0.25) is 10.1 Å². The molecule has 164 valence electrons. The highest BCUT2D eigenvalue weighted by Gasteiger charge is 2.33. The van der Waals surface area contributed by atoms with Gasteiger partial charge in [0.05, 0.1) is 23.0 Å². The molecule has 1 aromatic carbocycles. The maximum atomic E-state index is 13.1. The van der Waals surface area contributed by atoms with Crippen molar-refractivity contribution in [3.05, 3.63) is 52.1 Å². The fraction of sp³-hybridized carbons (Fsp3) is 0.526. The van der Waals surface area contributed by atoms with Crippen LogP contribution in [0.1, 0.15) is 30.1 Å². The fourth-order valence-corrected chi connectivity index (χ4v) is 5.28. The Morgan fingerprint density at radius 2 is 2.00 bits per heavy atom. The van der Waals surface area contributed by atoms with E-state index in [1.807, 2.05) is 10.8 Å². The molecular weight excluding hydrogens is 412 g/mol. The van der Waals surface area contributed by atoms with E-state index in [1.54, 1.807) is 20.2 Å². The molecule has 0 atom stereocenters. The van der Waals surface area contributed by atoms with Gasteiger partial charge in [-0.2, -0.15) is 4.31 Å². The van der Waals surface area contributed by atoms with E-state index in [4.69, 9.17) is 9.47 Å². The average Bonchev–Trinajstić information content (AvgIpc) is 3.20. The molecule has 1 aliphatic heterocycles. The molecule has 10 nitrogen and oxygen atoms in total. The largest absolute Gasteiger partial charge is 0.382 e. The predicted octanol–water partition coefficient (Wildman–Crippen LogP) is 2.29. The van der Waals surface area contributed by atoms with E-state index in [2.05, 4.69) is 4.98 Å². The van der Waals surface area contributed by atoms with E-state index in [0.29, 0.717) is 51.4 Å². The second kappa shape index (κ2) is 9.65. The molecule has 11 heteroatoms. The zero-order valence-corrected chi connectivity index (χ0v) is 17.9.